The summed E-state index contributed by atoms with van der Waals surface area (Å²) in [6, 6.07) is 15.5. The number of carbonyl (C=O) groups is 3. The van der Waals surface area contributed by atoms with Gasteiger partial charge >= 0.3 is 12.1 Å². The van der Waals surface area contributed by atoms with E-state index in [4.69, 9.17) is 4.74 Å². The molecule has 1 fully saturated rings. The molecule has 174 valence electrons. The third-order valence-corrected chi connectivity index (χ3v) is 6.88. The molecule has 3 N–H and O–H groups in total. The van der Waals surface area contributed by atoms with E-state index in [0.717, 1.165) is 35.1 Å². The summed E-state index contributed by atoms with van der Waals surface area (Å²) in [6.07, 6.45) is 2.05. The van der Waals surface area contributed by atoms with Crippen molar-refractivity contribution >= 4 is 18.0 Å². The molecule has 3 unspecified atom stereocenters. The summed E-state index contributed by atoms with van der Waals surface area (Å²) >= 11 is 0. The summed E-state index contributed by atoms with van der Waals surface area (Å²) in [5.74, 6) is -1.66. The smallest absolute Gasteiger partial charge is 0.407 e. The molecule has 1 saturated carbocycles. The minimum absolute atomic E-state index is 0.0487. The molecule has 2 aromatic rings. The van der Waals surface area contributed by atoms with Gasteiger partial charge in [0.15, 0.2) is 0 Å². The summed E-state index contributed by atoms with van der Waals surface area (Å²) < 4.78 is 5.54. The highest BCUT2D eigenvalue weighted by Gasteiger charge is 2.34. The average molecular weight is 451 g/mol. The van der Waals surface area contributed by atoms with Crippen LogP contribution in [-0.2, 0) is 14.3 Å². The van der Waals surface area contributed by atoms with Gasteiger partial charge in [-0.05, 0) is 47.4 Å². The molecule has 2 amide bonds. The first kappa shape index (κ1) is 22.8. The number of hydrogen-bond donors (Lipinski definition) is 3. The zero-order valence-corrected chi connectivity index (χ0v) is 18.8. The van der Waals surface area contributed by atoms with Crippen molar-refractivity contribution < 1.29 is 24.2 Å². The molecular weight excluding hydrogens is 420 g/mol. The predicted octanol–water partition coefficient (Wildman–Crippen LogP) is 3.92. The van der Waals surface area contributed by atoms with Crippen LogP contribution in [0.25, 0.3) is 11.1 Å². The molecule has 7 heteroatoms. The molecule has 2 aromatic carbocycles. The van der Waals surface area contributed by atoms with Crippen LogP contribution in [-0.4, -0.2) is 42.3 Å². The molecule has 3 atom stereocenters. The molecule has 2 aliphatic rings. The van der Waals surface area contributed by atoms with E-state index in [0.29, 0.717) is 19.4 Å². The largest absolute Gasteiger partial charge is 0.481 e. The van der Waals surface area contributed by atoms with E-state index < -0.39 is 24.0 Å². The average Bonchev–Trinajstić information content (AvgIpc) is 3.42. The van der Waals surface area contributed by atoms with Crippen LogP contribution in [0, 0.1) is 11.8 Å². The van der Waals surface area contributed by atoms with Gasteiger partial charge in [-0.1, -0.05) is 61.9 Å². The highest BCUT2D eigenvalue weighted by molar-refractivity contribution is 5.85. The Labute approximate surface area is 193 Å². The van der Waals surface area contributed by atoms with E-state index in [1.165, 1.54) is 0 Å². The molecule has 0 bridgehead atoms. The van der Waals surface area contributed by atoms with Crippen molar-refractivity contribution in [3.63, 3.8) is 0 Å². The molecule has 0 spiro atoms. The van der Waals surface area contributed by atoms with Gasteiger partial charge in [-0.2, -0.15) is 0 Å². The number of aliphatic carboxylic acids is 1. The Bertz CT molecular complexity index is 991. The van der Waals surface area contributed by atoms with E-state index in [9.17, 15) is 19.5 Å². The highest BCUT2D eigenvalue weighted by atomic mass is 16.5. The van der Waals surface area contributed by atoms with Gasteiger partial charge in [0.1, 0.15) is 12.6 Å². The van der Waals surface area contributed by atoms with Crippen LogP contribution < -0.4 is 10.6 Å². The second kappa shape index (κ2) is 10.1. The molecule has 0 aliphatic heterocycles. The fraction of sp³-hybridized carbons (Fsp3) is 0.423. The van der Waals surface area contributed by atoms with Crippen molar-refractivity contribution in [1.82, 2.24) is 10.6 Å². The predicted molar refractivity (Wildman–Crippen MR) is 124 cm³/mol. The summed E-state index contributed by atoms with van der Waals surface area (Å²) in [7, 11) is 0. The lowest BCUT2D eigenvalue weighted by molar-refractivity contribution is -0.143. The summed E-state index contributed by atoms with van der Waals surface area (Å²) in [5.41, 5.74) is 4.56. The number of benzene rings is 2. The van der Waals surface area contributed by atoms with Crippen molar-refractivity contribution in [2.24, 2.45) is 11.8 Å². The maximum Gasteiger partial charge on any atom is 0.407 e. The monoisotopic (exact) mass is 450 g/mol. The standard InChI is InChI=1S/C26H30N2O5/c1-2-23(24(29)27-14-16-8-7-13-17(16)25(30)31)28-26(32)33-15-22-20-11-5-3-9-18(20)19-10-4-6-12-21(19)22/h3-6,9-12,16-17,22-23H,2,7-8,13-15H2,1H3,(H,27,29)(H,28,32)(H,30,31). The van der Waals surface area contributed by atoms with Crippen LogP contribution >= 0.6 is 0 Å². The van der Waals surface area contributed by atoms with E-state index in [-0.39, 0.29) is 24.3 Å². The van der Waals surface area contributed by atoms with Crippen LogP contribution in [0.3, 0.4) is 0 Å². The van der Waals surface area contributed by atoms with Gasteiger partial charge in [0.05, 0.1) is 5.92 Å². The lowest BCUT2D eigenvalue weighted by Gasteiger charge is -2.21. The lowest BCUT2D eigenvalue weighted by atomic mass is 9.96. The number of fused-ring (bicyclic) bond motifs is 3. The van der Waals surface area contributed by atoms with Crippen LogP contribution in [0.5, 0.6) is 0 Å². The fourth-order valence-electron chi connectivity index (χ4n) is 5.10. The third kappa shape index (κ3) is 4.87. The van der Waals surface area contributed by atoms with Crippen LogP contribution in [0.1, 0.15) is 49.7 Å². The number of rotatable bonds is 8. The van der Waals surface area contributed by atoms with Gasteiger partial charge < -0.3 is 20.5 Å². The van der Waals surface area contributed by atoms with Gasteiger partial charge in [-0.15, -0.1) is 0 Å². The molecule has 7 nitrogen and oxygen atoms in total. The molecule has 0 aromatic heterocycles. The molecule has 0 saturated heterocycles. The zero-order valence-electron chi connectivity index (χ0n) is 18.8. The number of carboxylic acids is 1. The van der Waals surface area contributed by atoms with Gasteiger partial charge in [0, 0.05) is 12.5 Å². The Hall–Kier alpha value is -3.35. The van der Waals surface area contributed by atoms with Crippen molar-refractivity contribution in [2.45, 2.75) is 44.6 Å². The van der Waals surface area contributed by atoms with Crippen LogP contribution in [0.2, 0.25) is 0 Å². The first-order valence-electron chi connectivity index (χ1n) is 11.6. The third-order valence-electron chi connectivity index (χ3n) is 6.88. The Morgan fingerprint density at radius 1 is 1.03 bits per heavy atom. The van der Waals surface area contributed by atoms with Crippen LogP contribution in [0.4, 0.5) is 4.79 Å². The Morgan fingerprint density at radius 3 is 2.27 bits per heavy atom. The zero-order chi connectivity index (χ0) is 23.4. The van der Waals surface area contributed by atoms with Crippen molar-refractivity contribution in [3.05, 3.63) is 59.7 Å². The summed E-state index contributed by atoms with van der Waals surface area (Å²) in [5, 5.41) is 14.8. The van der Waals surface area contributed by atoms with Gasteiger partial charge in [-0.25, -0.2) is 4.79 Å². The number of hydrogen-bond acceptors (Lipinski definition) is 4. The van der Waals surface area contributed by atoms with Crippen molar-refractivity contribution in [3.8, 4) is 11.1 Å². The quantitative estimate of drug-likeness (QED) is 0.565. The molecule has 0 radical (unpaired) electrons. The normalized spacial score (nSPS) is 19.9. The summed E-state index contributed by atoms with van der Waals surface area (Å²) in [4.78, 5) is 36.5. The molecule has 2 aliphatic carbocycles. The number of carbonyl (C=O) groups excluding carboxylic acids is 2. The Kier molecular flexibility index (Phi) is 6.96. The first-order chi connectivity index (χ1) is 16.0. The van der Waals surface area contributed by atoms with Crippen molar-refractivity contribution in [2.75, 3.05) is 13.2 Å². The Morgan fingerprint density at radius 2 is 1.67 bits per heavy atom. The van der Waals surface area contributed by atoms with Gasteiger partial charge in [0.2, 0.25) is 5.91 Å². The number of nitrogens with one attached hydrogen (secondary N) is 2. The minimum atomic E-state index is -0.810. The van der Waals surface area contributed by atoms with Crippen molar-refractivity contribution in [1.29, 1.82) is 0 Å². The Balaban J connectivity index is 1.32. The number of amides is 2. The second-order valence-electron chi connectivity index (χ2n) is 8.81. The molecule has 0 heterocycles. The van der Waals surface area contributed by atoms with E-state index in [1.54, 1.807) is 0 Å². The van der Waals surface area contributed by atoms with Gasteiger partial charge in [0.25, 0.3) is 0 Å². The second-order valence-corrected chi connectivity index (χ2v) is 8.81. The van der Waals surface area contributed by atoms with Crippen LogP contribution in [0.15, 0.2) is 48.5 Å². The van der Waals surface area contributed by atoms with E-state index in [2.05, 4.69) is 34.9 Å². The maximum absolute atomic E-state index is 12.6. The number of carboxylic acid groups (broad SMARTS) is 1. The lowest BCUT2D eigenvalue weighted by Crippen LogP contribution is -2.48. The molecular formula is C26H30N2O5. The molecule has 4 rings (SSSR count). The fourth-order valence-corrected chi connectivity index (χ4v) is 5.10. The minimum Gasteiger partial charge on any atom is -0.481 e. The van der Waals surface area contributed by atoms with E-state index in [1.807, 2.05) is 31.2 Å². The summed E-state index contributed by atoms with van der Waals surface area (Å²) in [6.45, 7) is 2.29. The highest BCUT2D eigenvalue weighted by Crippen LogP contribution is 2.44. The van der Waals surface area contributed by atoms with Gasteiger partial charge in [-0.3, -0.25) is 9.59 Å². The molecule has 33 heavy (non-hydrogen) atoms. The maximum atomic E-state index is 12.6. The topological polar surface area (TPSA) is 105 Å². The van der Waals surface area contributed by atoms with E-state index >= 15 is 0 Å². The first-order valence-corrected chi connectivity index (χ1v) is 11.6. The number of alkyl carbamates (subject to hydrolysis) is 1. The number of ether oxygens (including phenoxy) is 1. The SMILES string of the molecule is CCC(NC(=O)OCC1c2ccccc2-c2ccccc21)C(=O)NCC1CCCC1C(=O)O.